The Balaban J connectivity index is 2.10. The number of nitrogens with one attached hydrogen (secondary N) is 2. The Labute approximate surface area is 141 Å². The van der Waals surface area contributed by atoms with Gasteiger partial charge in [0.1, 0.15) is 5.75 Å². The summed E-state index contributed by atoms with van der Waals surface area (Å²) in [6, 6.07) is 14.2. The van der Waals surface area contributed by atoms with Crippen molar-refractivity contribution >= 4 is 22.5 Å². The lowest BCUT2D eigenvalue weighted by atomic mass is 9.88. The molecule has 0 aliphatic carbocycles. The SMILES string of the molecule is CNCCC(c1cccc(OC)c1)c1c[nH]c2cccc(Cl)c12. The third-order valence-corrected chi connectivity index (χ3v) is 4.56. The van der Waals surface area contributed by atoms with E-state index in [9.17, 15) is 0 Å². The van der Waals surface area contributed by atoms with Crippen molar-refractivity contribution in [2.45, 2.75) is 12.3 Å². The Hall–Kier alpha value is -1.97. The van der Waals surface area contributed by atoms with Crippen molar-refractivity contribution in [1.29, 1.82) is 0 Å². The molecule has 23 heavy (non-hydrogen) atoms. The summed E-state index contributed by atoms with van der Waals surface area (Å²) in [5, 5.41) is 5.14. The van der Waals surface area contributed by atoms with Crippen LogP contribution < -0.4 is 10.1 Å². The fourth-order valence-corrected chi connectivity index (χ4v) is 3.37. The van der Waals surface area contributed by atoms with E-state index in [1.165, 1.54) is 11.1 Å². The molecule has 0 fully saturated rings. The van der Waals surface area contributed by atoms with Crippen LogP contribution in [0.1, 0.15) is 23.5 Å². The molecular weight excluding hydrogens is 308 g/mol. The van der Waals surface area contributed by atoms with Gasteiger partial charge in [-0.25, -0.2) is 0 Å². The van der Waals surface area contributed by atoms with E-state index in [2.05, 4.69) is 34.7 Å². The van der Waals surface area contributed by atoms with Crippen molar-refractivity contribution in [1.82, 2.24) is 10.3 Å². The Morgan fingerprint density at radius 2 is 2.04 bits per heavy atom. The fraction of sp³-hybridized carbons (Fsp3) is 0.263. The molecule has 3 aromatic rings. The van der Waals surface area contributed by atoms with Crippen LogP contribution >= 0.6 is 11.6 Å². The number of fused-ring (bicyclic) bond motifs is 1. The molecule has 0 aliphatic heterocycles. The number of aromatic amines is 1. The summed E-state index contributed by atoms with van der Waals surface area (Å²) in [6.45, 7) is 0.930. The predicted octanol–water partition coefficient (Wildman–Crippen LogP) is 4.57. The maximum atomic E-state index is 6.47. The van der Waals surface area contributed by atoms with Gasteiger partial charge >= 0.3 is 0 Å². The van der Waals surface area contributed by atoms with Crippen LogP contribution in [-0.4, -0.2) is 25.7 Å². The molecule has 1 aromatic heterocycles. The lowest BCUT2D eigenvalue weighted by Gasteiger charge is -2.18. The number of rotatable bonds is 6. The number of methoxy groups -OCH3 is 1. The van der Waals surface area contributed by atoms with Gasteiger partial charge in [0.25, 0.3) is 0 Å². The molecule has 1 heterocycles. The second kappa shape index (κ2) is 7.07. The highest BCUT2D eigenvalue weighted by atomic mass is 35.5. The van der Waals surface area contributed by atoms with Gasteiger partial charge in [-0.05, 0) is 55.4 Å². The topological polar surface area (TPSA) is 37.0 Å². The van der Waals surface area contributed by atoms with Gasteiger partial charge in [-0.2, -0.15) is 0 Å². The quantitative estimate of drug-likeness (QED) is 0.695. The van der Waals surface area contributed by atoms with Gasteiger partial charge in [0.05, 0.1) is 12.1 Å². The number of halogens is 1. The fourth-order valence-electron chi connectivity index (χ4n) is 3.09. The van der Waals surface area contributed by atoms with E-state index in [0.29, 0.717) is 0 Å². The normalized spacial score (nSPS) is 12.5. The smallest absolute Gasteiger partial charge is 0.119 e. The summed E-state index contributed by atoms with van der Waals surface area (Å²) in [5.41, 5.74) is 3.54. The van der Waals surface area contributed by atoms with Gasteiger partial charge in [-0.1, -0.05) is 29.8 Å². The first-order valence-corrected chi connectivity index (χ1v) is 8.16. The number of aromatic nitrogens is 1. The molecule has 0 bridgehead atoms. The van der Waals surface area contributed by atoms with Gasteiger partial charge < -0.3 is 15.0 Å². The van der Waals surface area contributed by atoms with Crippen molar-refractivity contribution in [3.63, 3.8) is 0 Å². The summed E-state index contributed by atoms with van der Waals surface area (Å²) >= 11 is 6.47. The highest BCUT2D eigenvalue weighted by molar-refractivity contribution is 6.35. The first-order valence-electron chi connectivity index (χ1n) is 7.78. The van der Waals surface area contributed by atoms with Crippen molar-refractivity contribution in [2.75, 3.05) is 20.7 Å². The molecule has 0 radical (unpaired) electrons. The van der Waals surface area contributed by atoms with E-state index >= 15 is 0 Å². The largest absolute Gasteiger partial charge is 0.497 e. The first kappa shape index (κ1) is 15.9. The van der Waals surface area contributed by atoms with Crippen molar-refractivity contribution in [2.24, 2.45) is 0 Å². The minimum absolute atomic E-state index is 0.256. The summed E-state index contributed by atoms with van der Waals surface area (Å²) in [7, 11) is 3.68. The average Bonchev–Trinajstić information content (AvgIpc) is 3.01. The molecule has 0 spiro atoms. The van der Waals surface area contributed by atoms with E-state index in [-0.39, 0.29) is 5.92 Å². The third-order valence-electron chi connectivity index (χ3n) is 4.24. The zero-order valence-electron chi connectivity index (χ0n) is 13.4. The van der Waals surface area contributed by atoms with Crippen molar-refractivity contribution in [3.05, 3.63) is 64.8 Å². The number of H-pyrrole nitrogens is 1. The average molecular weight is 329 g/mol. The summed E-state index contributed by atoms with van der Waals surface area (Å²) in [4.78, 5) is 3.35. The molecule has 1 unspecified atom stereocenters. The van der Waals surface area contributed by atoms with E-state index in [1.807, 2.05) is 31.3 Å². The summed E-state index contributed by atoms with van der Waals surface area (Å²) < 4.78 is 5.39. The molecule has 3 nitrogen and oxygen atoms in total. The Bertz CT molecular complexity index is 797. The van der Waals surface area contributed by atoms with Crippen molar-refractivity contribution < 1.29 is 4.74 Å². The van der Waals surface area contributed by atoms with Crippen LogP contribution in [0.3, 0.4) is 0 Å². The Morgan fingerprint density at radius 1 is 1.22 bits per heavy atom. The van der Waals surface area contributed by atoms with E-state index < -0.39 is 0 Å². The third kappa shape index (κ3) is 3.21. The van der Waals surface area contributed by atoms with Crippen LogP contribution in [0.4, 0.5) is 0 Å². The number of hydrogen-bond acceptors (Lipinski definition) is 2. The molecule has 120 valence electrons. The molecule has 3 rings (SSSR count). The Morgan fingerprint density at radius 3 is 2.83 bits per heavy atom. The van der Waals surface area contributed by atoms with Gasteiger partial charge in [0.2, 0.25) is 0 Å². The molecule has 2 N–H and O–H groups in total. The van der Waals surface area contributed by atoms with Gasteiger partial charge in [0, 0.05) is 23.0 Å². The van der Waals surface area contributed by atoms with Crippen LogP contribution in [0, 0.1) is 0 Å². The lowest BCUT2D eigenvalue weighted by Crippen LogP contribution is -2.13. The van der Waals surface area contributed by atoms with E-state index in [1.54, 1.807) is 7.11 Å². The van der Waals surface area contributed by atoms with Gasteiger partial charge in [0.15, 0.2) is 0 Å². The van der Waals surface area contributed by atoms with Crippen LogP contribution in [0.25, 0.3) is 10.9 Å². The maximum Gasteiger partial charge on any atom is 0.119 e. The minimum Gasteiger partial charge on any atom is -0.497 e. The predicted molar refractivity (Wildman–Crippen MR) is 96.7 cm³/mol. The molecule has 2 aromatic carbocycles. The molecule has 0 saturated heterocycles. The molecular formula is C19H21ClN2O. The standard InChI is InChI=1S/C19H21ClN2O/c1-21-10-9-15(13-5-3-6-14(11-13)23-2)16-12-22-18-8-4-7-17(20)19(16)18/h3-8,11-12,15,21-22H,9-10H2,1-2H3. The highest BCUT2D eigenvalue weighted by Crippen LogP contribution is 2.37. The second-order valence-corrected chi connectivity index (χ2v) is 6.04. The zero-order chi connectivity index (χ0) is 16.2. The molecule has 4 heteroatoms. The zero-order valence-corrected chi connectivity index (χ0v) is 14.2. The number of ether oxygens (including phenoxy) is 1. The van der Waals surface area contributed by atoms with Crippen LogP contribution in [-0.2, 0) is 0 Å². The minimum atomic E-state index is 0.256. The van der Waals surface area contributed by atoms with Gasteiger partial charge in [-0.3, -0.25) is 0 Å². The molecule has 0 saturated carbocycles. The first-order chi connectivity index (χ1) is 11.2. The van der Waals surface area contributed by atoms with Crippen LogP contribution in [0.2, 0.25) is 5.02 Å². The van der Waals surface area contributed by atoms with Crippen LogP contribution in [0.15, 0.2) is 48.7 Å². The van der Waals surface area contributed by atoms with Crippen molar-refractivity contribution in [3.8, 4) is 5.75 Å². The summed E-state index contributed by atoms with van der Waals surface area (Å²) in [5.74, 6) is 1.13. The maximum absolute atomic E-state index is 6.47. The van der Waals surface area contributed by atoms with Gasteiger partial charge in [-0.15, -0.1) is 0 Å². The monoisotopic (exact) mass is 328 g/mol. The number of hydrogen-bond donors (Lipinski definition) is 2. The lowest BCUT2D eigenvalue weighted by molar-refractivity contribution is 0.414. The summed E-state index contributed by atoms with van der Waals surface area (Å²) in [6.07, 6.45) is 3.07. The Kier molecular flexibility index (Phi) is 4.89. The number of benzene rings is 2. The molecule has 0 aliphatic rings. The molecule has 0 amide bonds. The van der Waals surface area contributed by atoms with Crippen LogP contribution in [0.5, 0.6) is 5.75 Å². The van der Waals surface area contributed by atoms with E-state index in [4.69, 9.17) is 16.3 Å². The highest BCUT2D eigenvalue weighted by Gasteiger charge is 2.19. The van der Waals surface area contributed by atoms with E-state index in [0.717, 1.165) is 34.6 Å². The molecule has 1 atom stereocenters. The second-order valence-electron chi connectivity index (χ2n) is 5.63.